The van der Waals surface area contributed by atoms with Crippen molar-refractivity contribution in [2.24, 2.45) is 5.92 Å². The van der Waals surface area contributed by atoms with Gasteiger partial charge in [-0.05, 0) is 43.9 Å². The van der Waals surface area contributed by atoms with Crippen LogP contribution in [0.3, 0.4) is 0 Å². The van der Waals surface area contributed by atoms with Gasteiger partial charge in [-0.3, -0.25) is 9.59 Å². The second-order valence-electron chi connectivity index (χ2n) is 8.52. The van der Waals surface area contributed by atoms with E-state index in [9.17, 15) is 9.59 Å². The Kier molecular flexibility index (Phi) is 6.74. The monoisotopic (exact) mass is 441 g/mol. The summed E-state index contributed by atoms with van der Waals surface area (Å²) < 4.78 is 13.0. The number of hydrogen-bond acceptors (Lipinski definition) is 6. The summed E-state index contributed by atoms with van der Waals surface area (Å²) in [4.78, 5) is 27.3. The number of amides is 2. The fourth-order valence-electron chi connectivity index (χ4n) is 4.16. The van der Waals surface area contributed by atoms with Crippen molar-refractivity contribution < 1.29 is 19.1 Å². The van der Waals surface area contributed by atoms with Gasteiger partial charge >= 0.3 is 0 Å². The summed E-state index contributed by atoms with van der Waals surface area (Å²) in [7, 11) is 1.64. The summed E-state index contributed by atoms with van der Waals surface area (Å²) in [5, 5.41) is 11.4. The molecule has 9 nitrogen and oxygen atoms in total. The predicted octanol–water partition coefficient (Wildman–Crippen LogP) is 2.33. The molecule has 4 rings (SSSR count). The molecule has 3 heterocycles. The Hall–Kier alpha value is -2.94. The molecule has 1 saturated heterocycles. The second kappa shape index (κ2) is 9.68. The standard InChI is InChI=1S/C23H31N5O4/c1-4-15(2)24-22(29)17-9-11-27(12-10-17)23(30)21-19-14-32-20(13-28(19)26-25-21)16-5-7-18(31-3)8-6-16/h5-8,15,17,20H,4,9-14H2,1-3H3,(H,24,29)/t15-,20+/m1/s1. The van der Waals surface area contributed by atoms with Crippen molar-refractivity contribution in [1.29, 1.82) is 0 Å². The number of rotatable bonds is 6. The van der Waals surface area contributed by atoms with Gasteiger partial charge in [-0.15, -0.1) is 5.10 Å². The summed E-state index contributed by atoms with van der Waals surface area (Å²) >= 11 is 0. The number of fused-ring (bicyclic) bond motifs is 1. The number of carbonyl (C=O) groups excluding carboxylic acids is 2. The lowest BCUT2D eigenvalue weighted by atomic mass is 9.95. The lowest BCUT2D eigenvalue weighted by Crippen LogP contribution is -2.45. The number of piperidine rings is 1. The molecule has 32 heavy (non-hydrogen) atoms. The number of ether oxygens (including phenoxy) is 2. The average molecular weight is 442 g/mol. The number of methoxy groups -OCH3 is 1. The number of aromatic nitrogens is 3. The smallest absolute Gasteiger partial charge is 0.276 e. The minimum absolute atomic E-state index is 0.0457. The zero-order valence-corrected chi connectivity index (χ0v) is 18.9. The summed E-state index contributed by atoms with van der Waals surface area (Å²) in [6.45, 7) is 5.91. The molecule has 2 aliphatic heterocycles. The first-order valence-electron chi connectivity index (χ1n) is 11.3. The molecule has 0 saturated carbocycles. The number of nitrogens with zero attached hydrogens (tertiary/aromatic N) is 4. The van der Waals surface area contributed by atoms with Crippen LogP contribution < -0.4 is 10.1 Å². The van der Waals surface area contributed by atoms with E-state index in [0.717, 1.165) is 17.7 Å². The van der Waals surface area contributed by atoms with Gasteiger partial charge in [0.05, 0.1) is 26.0 Å². The minimum atomic E-state index is -0.155. The van der Waals surface area contributed by atoms with Gasteiger partial charge in [-0.2, -0.15) is 0 Å². The average Bonchev–Trinajstić information content (AvgIpc) is 3.27. The molecule has 0 bridgehead atoms. The van der Waals surface area contributed by atoms with Crippen LogP contribution in [0.25, 0.3) is 0 Å². The third-order valence-electron chi connectivity index (χ3n) is 6.44. The number of nitrogens with one attached hydrogen (secondary N) is 1. The van der Waals surface area contributed by atoms with Crippen LogP contribution >= 0.6 is 0 Å². The maximum atomic E-state index is 13.1. The lowest BCUT2D eigenvalue weighted by molar-refractivity contribution is -0.126. The predicted molar refractivity (Wildman–Crippen MR) is 117 cm³/mol. The summed E-state index contributed by atoms with van der Waals surface area (Å²) in [6, 6.07) is 7.92. The van der Waals surface area contributed by atoms with Gasteiger partial charge in [0.15, 0.2) is 5.69 Å². The van der Waals surface area contributed by atoms with Gasteiger partial charge < -0.3 is 19.7 Å². The van der Waals surface area contributed by atoms with Crippen LogP contribution in [-0.2, 0) is 22.7 Å². The summed E-state index contributed by atoms with van der Waals surface area (Å²) in [6.07, 6.45) is 2.07. The van der Waals surface area contributed by atoms with E-state index in [2.05, 4.69) is 22.6 Å². The topological polar surface area (TPSA) is 98.6 Å². The van der Waals surface area contributed by atoms with E-state index in [1.165, 1.54) is 0 Å². The molecule has 2 aliphatic rings. The number of carbonyl (C=O) groups is 2. The normalized spacial score (nSPS) is 19.8. The molecule has 0 aliphatic carbocycles. The van der Waals surface area contributed by atoms with Crippen LogP contribution in [0, 0.1) is 5.92 Å². The van der Waals surface area contributed by atoms with Crippen molar-refractivity contribution in [3.63, 3.8) is 0 Å². The van der Waals surface area contributed by atoms with Crippen molar-refractivity contribution in [2.45, 2.75) is 58.4 Å². The Morgan fingerprint density at radius 1 is 1.25 bits per heavy atom. The van der Waals surface area contributed by atoms with E-state index >= 15 is 0 Å². The van der Waals surface area contributed by atoms with E-state index in [1.54, 1.807) is 16.7 Å². The van der Waals surface area contributed by atoms with E-state index in [0.29, 0.717) is 43.9 Å². The molecule has 172 valence electrons. The molecule has 1 aromatic carbocycles. The molecule has 1 aromatic heterocycles. The van der Waals surface area contributed by atoms with Crippen LogP contribution in [-0.4, -0.2) is 57.9 Å². The maximum Gasteiger partial charge on any atom is 0.276 e. The van der Waals surface area contributed by atoms with Crippen molar-refractivity contribution in [3.05, 3.63) is 41.2 Å². The van der Waals surface area contributed by atoms with E-state index in [-0.39, 0.29) is 36.5 Å². The van der Waals surface area contributed by atoms with Crippen LogP contribution in [0.2, 0.25) is 0 Å². The van der Waals surface area contributed by atoms with E-state index in [4.69, 9.17) is 9.47 Å². The van der Waals surface area contributed by atoms with Gasteiger partial charge in [-0.1, -0.05) is 24.3 Å². The highest BCUT2D eigenvalue weighted by molar-refractivity contribution is 5.93. The molecule has 2 atom stereocenters. The Bertz CT molecular complexity index is 950. The quantitative estimate of drug-likeness (QED) is 0.739. The third kappa shape index (κ3) is 4.62. The Balaban J connectivity index is 1.36. The molecule has 1 N–H and O–H groups in total. The first-order chi connectivity index (χ1) is 15.5. The van der Waals surface area contributed by atoms with Crippen LogP contribution in [0.4, 0.5) is 0 Å². The highest BCUT2D eigenvalue weighted by Crippen LogP contribution is 2.29. The molecule has 9 heteroatoms. The van der Waals surface area contributed by atoms with Gasteiger partial charge in [0.2, 0.25) is 5.91 Å². The fourth-order valence-corrected chi connectivity index (χ4v) is 4.16. The summed E-state index contributed by atoms with van der Waals surface area (Å²) in [5.74, 6) is 0.694. The summed E-state index contributed by atoms with van der Waals surface area (Å²) in [5.41, 5.74) is 2.08. The molecular weight excluding hydrogens is 410 g/mol. The van der Waals surface area contributed by atoms with Gasteiger partial charge in [0, 0.05) is 25.0 Å². The van der Waals surface area contributed by atoms with Gasteiger partial charge in [0.1, 0.15) is 11.9 Å². The van der Waals surface area contributed by atoms with Crippen LogP contribution in [0.1, 0.15) is 61.0 Å². The van der Waals surface area contributed by atoms with E-state index < -0.39 is 0 Å². The fraction of sp³-hybridized carbons (Fsp3) is 0.565. The highest BCUT2D eigenvalue weighted by Gasteiger charge is 2.33. The largest absolute Gasteiger partial charge is 0.497 e. The van der Waals surface area contributed by atoms with Gasteiger partial charge in [-0.25, -0.2) is 4.68 Å². The minimum Gasteiger partial charge on any atom is -0.497 e. The second-order valence-corrected chi connectivity index (χ2v) is 8.52. The van der Waals surface area contributed by atoms with Crippen molar-refractivity contribution in [1.82, 2.24) is 25.2 Å². The zero-order chi connectivity index (χ0) is 22.7. The highest BCUT2D eigenvalue weighted by atomic mass is 16.5. The molecule has 0 unspecified atom stereocenters. The van der Waals surface area contributed by atoms with Crippen LogP contribution in [0.5, 0.6) is 5.75 Å². The molecule has 2 aromatic rings. The van der Waals surface area contributed by atoms with Gasteiger partial charge in [0.25, 0.3) is 5.91 Å². The van der Waals surface area contributed by atoms with E-state index in [1.807, 2.05) is 31.2 Å². The number of likely N-dealkylation sites (tertiary alicyclic amines) is 1. The first-order valence-corrected chi connectivity index (χ1v) is 11.3. The number of hydrogen-bond donors (Lipinski definition) is 1. The Morgan fingerprint density at radius 2 is 1.97 bits per heavy atom. The molecule has 0 radical (unpaired) electrons. The molecule has 0 spiro atoms. The molecule has 2 amide bonds. The van der Waals surface area contributed by atoms with Crippen molar-refractivity contribution in [3.8, 4) is 5.75 Å². The zero-order valence-electron chi connectivity index (χ0n) is 18.9. The van der Waals surface area contributed by atoms with Crippen molar-refractivity contribution >= 4 is 11.8 Å². The maximum absolute atomic E-state index is 13.1. The molecule has 1 fully saturated rings. The lowest BCUT2D eigenvalue weighted by Gasteiger charge is -2.32. The third-order valence-corrected chi connectivity index (χ3v) is 6.44. The van der Waals surface area contributed by atoms with Crippen LogP contribution in [0.15, 0.2) is 24.3 Å². The van der Waals surface area contributed by atoms with Crippen molar-refractivity contribution in [2.75, 3.05) is 20.2 Å². The Labute approximate surface area is 188 Å². The Morgan fingerprint density at radius 3 is 2.62 bits per heavy atom. The number of benzene rings is 1. The SMILES string of the molecule is CC[C@@H](C)NC(=O)C1CCN(C(=O)c2nnn3c2CO[C@H](c2ccc(OC)cc2)C3)CC1. The first kappa shape index (κ1) is 22.3. The molecular formula is C23H31N5O4.